The van der Waals surface area contributed by atoms with Crippen LogP contribution in [-0.2, 0) is 4.79 Å². The Kier molecular flexibility index (Phi) is 5.26. The van der Waals surface area contributed by atoms with Gasteiger partial charge in [0.1, 0.15) is 0 Å². The molecule has 0 bridgehead atoms. The molecule has 1 rings (SSSR count). The maximum absolute atomic E-state index is 10.5. The van der Waals surface area contributed by atoms with Crippen LogP contribution in [0.5, 0.6) is 0 Å². The quantitative estimate of drug-likeness (QED) is 0.703. The molecule has 1 aliphatic carbocycles. The summed E-state index contributed by atoms with van der Waals surface area (Å²) < 4.78 is 0. The predicted molar refractivity (Wildman–Crippen MR) is 65.5 cm³/mol. The topological polar surface area (TPSA) is 49.3 Å². The van der Waals surface area contributed by atoms with Crippen molar-refractivity contribution in [1.29, 1.82) is 0 Å². The molecule has 0 saturated heterocycles. The number of nitrogens with one attached hydrogen (secondary N) is 1. The molecule has 16 heavy (non-hydrogen) atoms. The molecule has 0 heterocycles. The molecule has 3 heteroatoms. The molecule has 0 spiro atoms. The van der Waals surface area contributed by atoms with Gasteiger partial charge in [0.05, 0.1) is 0 Å². The van der Waals surface area contributed by atoms with E-state index in [1.54, 1.807) is 0 Å². The van der Waals surface area contributed by atoms with Crippen LogP contribution in [0.25, 0.3) is 0 Å². The molecule has 0 aromatic rings. The largest absolute Gasteiger partial charge is 0.481 e. The highest BCUT2D eigenvalue weighted by molar-refractivity contribution is 5.66. The normalized spacial score (nSPS) is 20.9. The molecule has 0 radical (unpaired) electrons. The van der Waals surface area contributed by atoms with Crippen molar-refractivity contribution in [3.8, 4) is 0 Å². The van der Waals surface area contributed by atoms with Gasteiger partial charge in [-0.05, 0) is 38.0 Å². The summed E-state index contributed by atoms with van der Waals surface area (Å²) in [7, 11) is 0. The first-order chi connectivity index (χ1) is 7.58. The van der Waals surface area contributed by atoms with Crippen molar-refractivity contribution in [3.63, 3.8) is 0 Å². The number of carbonyl (C=O) groups is 1. The maximum atomic E-state index is 10.5. The molecule has 1 fully saturated rings. The van der Waals surface area contributed by atoms with Crippen LogP contribution in [-0.4, -0.2) is 23.7 Å². The molecule has 1 saturated carbocycles. The van der Waals surface area contributed by atoms with E-state index >= 15 is 0 Å². The van der Waals surface area contributed by atoms with E-state index in [2.05, 4.69) is 19.2 Å². The standard InChI is InChI=1S/C13H25NO2/c1-3-13(8-4-5-9-13)10-14-11(2)6-7-12(15)16/h11,14H,3-10H2,1-2H3,(H,15,16). The number of hydrogen-bond acceptors (Lipinski definition) is 2. The second kappa shape index (κ2) is 6.24. The second-order valence-electron chi connectivity index (χ2n) is 5.28. The van der Waals surface area contributed by atoms with E-state index in [0.29, 0.717) is 11.5 Å². The lowest BCUT2D eigenvalue weighted by atomic mass is 9.83. The smallest absolute Gasteiger partial charge is 0.303 e. The van der Waals surface area contributed by atoms with Gasteiger partial charge in [-0.2, -0.15) is 0 Å². The molecular formula is C13H25NO2. The monoisotopic (exact) mass is 227 g/mol. The van der Waals surface area contributed by atoms with Gasteiger partial charge in [0.15, 0.2) is 0 Å². The molecule has 2 N–H and O–H groups in total. The highest BCUT2D eigenvalue weighted by Gasteiger charge is 2.31. The fraction of sp³-hybridized carbons (Fsp3) is 0.923. The number of carboxylic acid groups (broad SMARTS) is 1. The molecule has 1 atom stereocenters. The lowest BCUT2D eigenvalue weighted by Gasteiger charge is -2.29. The minimum Gasteiger partial charge on any atom is -0.481 e. The molecule has 0 aromatic carbocycles. The molecule has 1 aliphatic rings. The Morgan fingerprint density at radius 2 is 2.06 bits per heavy atom. The highest BCUT2D eigenvalue weighted by atomic mass is 16.4. The first kappa shape index (κ1) is 13.5. The summed E-state index contributed by atoms with van der Waals surface area (Å²) in [5.74, 6) is -0.695. The SMILES string of the molecule is CCC1(CNC(C)CCC(=O)O)CCCC1. The molecule has 0 aliphatic heterocycles. The van der Waals surface area contributed by atoms with Crippen LogP contribution in [0, 0.1) is 5.41 Å². The van der Waals surface area contributed by atoms with E-state index in [9.17, 15) is 4.79 Å². The predicted octanol–water partition coefficient (Wildman–Crippen LogP) is 2.80. The van der Waals surface area contributed by atoms with Crippen LogP contribution in [0.4, 0.5) is 0 Å². The zero-order valence-electron chi connectivity index (χ0n) is 10.6. The third kappa shape index (κ3) is 4.12. The second-order valence-corrected chi connectivity index (χ2v) is 5.28. The number of rotatable bonds is 7. The van der Waals surface area contributed by atoms with E-state index in [1.165, 1.54) is 32.1 Å². The Morgan fingerprint density at radius 3 is 2.56 bits per heavy atom. The fourth-order valence-corrected chi connectivity index (χ4v) is 2.61. The van der Waals surface area contributed by atoms with Crippen LogP contribution < -0.4 is 5.32 Å². The lowest BCUT2D eigenvalue weighted by Crippen LogP contribution is -2.37. The number of carboxylic acids is 1. The summed E-state index contributed by atoms with van der Waals surface area (Å²) in [4.78, 5) is 10.5. The van der Waals surface area contributed by atoms with Crippen molar-refractivity contribution in [3.05, 3.63) is 0 Å². The minimum absolute atomic E-state index is 0.271. The molecule has 94 valence electrons. The summed E-state index contributed by atoms with van der Waals surface area (Å²) in [5, 5.41) is 12.1. The average molecular weight is 227 g/mol. The molecule has 0 aromatic heterocycles. The van der Waals surface area contributed by atoms with Crippen molar-refractivity contribution >= 4 is 5.97 Å². The minimum atomic E-state index is -0.695. The Hall–Kier alpha value is -0.570. The molecular weight excluding hydrogens is 202 g/mol. The lowest BCUT2D eigenvalue weighted by molar-refractivity contribution is -0.137. The number of aliphatic carboxylic acids is 1. The van der Waals surface area contributed by atoms with Gasteiger partial charge >= 0.3 is 5.97 Å². The molecule has 3 nitrogen and oxygen atoms in total. The Balaban J connectivity index is 2.24. The third-order valence-electron chi connectivity index (χ3n) is 4.03. The van der Waals surface area contributed by atoms with Gasteiger partial charge in [-0.3, -0.25) is 4.79 Å². The van der Waals surface area contributed by atoms with E-state index in [1.807, 2.05) is 0 Å². The van der Waals surface area contributed by atoms with Crippen molar-refractivity contribution in [2.24, 2.45) is 5.41 Å². The zero-order valence-corrected chi connectivity index (χ0v) is 10.6. The third-order valence-corrected chi connectivity index (χ3v) is 4.03. The zero-order chi connectivity index (χ0) is 12.0. The number of hydrogen-bond donors (Lipinski definition) is 2. The average Bonchev–Trinajstić information content (AvgIpc) is 2.73. The van der Waals surface area contributed by atoms with Crippen LogP contribution >= 0.6 is 0 Å². The summed E-state index contributed by atoms with van der Waals surface area (Å²) in [6.45, 7) is 5.42. The van der Waals surface area contributed by atoms with Gasteiger partial charge in [0.2, 0.25) is 0 Å². The summed E-state index contributed by atoms with van der Waals surface area (Å²) in [6.07, 6.45) is 7.64. The Morgan fingerprint density at radius 1 is 1.44 bits per heavy atom. The summed E-state index contributed by atoms with van der Waals surface area (Å²) in [6, 6.07) is 0.320. The van der Waals surface area contributed by atoms with Crippen molar-refractivity contribution in [2.45, 2.75) is 64.8 Å². The van der Waals surface area contributed by atoms with Crippen LogP contribution in [0.1, 0.15) is 58.8 Å². The van der Waals surface area contributed by atoms with E-state index in [-0.39, 0.29) is 6.42 Å². The van der Waals surface area contributed by atoms with Crippen molar-refractivity contribution < 1.29 is 9.90 Å². The Bertz CT molecular complexity index is 222. The van der Waals surface area contributed by atoms with Crippen LogP contribution in [0.2, 0.25) is 0 Å². The maximum Gasteiger partial charge on any atom is 0.303 e. The summed E-state index contributed by atoms with van der Waals surface area (Å²) in [5.41, 5.74) is 0.498. The van der Waals surface area contributed by atoms with E-state index in [0.717, 1.165) is 13.0 Å². The van der Waals surface area contributed by atoms with Gasteiger partial charge in [-0.25, -0.2) is 0 Å². The van der Waals surface area contributed by atoms with Crippen molar-refractivity contribution in [2.75, 3.05) is 6.54 Å². The van der Waals surface area contributed by atoms with Gasteiger partial charge < -0.3 is 10.4 Å². The van der Waals surface area contributed by atoms with E-state index < -0.39 is 5.97 Å². The molecule has 1 unspecified atom stereocenters. The van der Waals surface area contributed by atoms with Gasteiger partial charge in [-0.1, -0.05) is 19.8 Å². The molecule has 0 amide bonds. The summed E-state index contributed by atoms with van der Waals surface area (Å²) >= 11 is 0. The first-order valence-electron chi connectivity index (χ1n) is 6.53. The van der Waals surface area contributed by atoms with Gasteiger partial charge in [0.25, 0.3) is 0 Å². The Labute approximate surface area is 98.6 Å². The van der Waals surface area contributed by atoms with Gasteiger partial charge in [-0.15, -0.1) is 0 Å². The first-order valence-corrected chi connectivity index (χ1v) is 6.53. The van der Waals surface area contributed by atoms with Gasteiger partial charge in [0, 0.05) is 19.0 Å². The van der Waals surface area contributed by atoms with Crippen LogP contribution in [0.3, 0.4) is 0 Å². The van der Waals surface area contributed by atoms with Crippen LogP contribution in [0.15, 0.2) is 0 Å². The fourth-order valence-electron chi connectivity index (χ4n) is 2.61. The van der Waals surface area contributed by atoms with E-state index in [4.69, 9.17) is 5.11 Å². The highest BCUT2D eigenvalue weighted by Crippen LogP contribution is 2.40. The van der Waals surface area contributed by atoms with Crippen molar-refractivity contribution in [1.82, 2.24) is 5.32 Å².